The number of aromatic hydroxyl groups is 2. The quantitative estimate of drug-likeness (QED) is 0.810. The van der Waals surface area contributed by atoms with Crippen LogP contribution in [0.2, 0.25) is 0 Å². The molecule has 0 aliphatic carbocycles. The van der Waals surface area contributed by atoms with Gasteiger partial charge in [0.25, 0.3) is 0 Å². The summed E-state index contributed by atoms with van der Waals surface area (Å²) in [6.45, 7) is 0. The van der Waals surface area contributed by atoms with Crippen molar-refractivity contribution in [2.75, 3.05) is 0 Å². The van der Waals surface area contributed by atoms with E-state index in [2.05, 4.69) is 31.9 Å². The van der Waals surface area contributed by atoms with Crippen LogP contribution in [-0.2, 0) is 0 Å². The molecule has 2 aromatic carbocycles. The zero-order valence-electron chi connectivity index (χ0n) is 8.11. The Hall–Kier alpha value is -1.00. The molecule has 2 rings (SSSR count). The van der Waals surface area contributed by atoms with Crippen molar-refractivity contribution in [3.63, 3.8) is 0 Å². The summed E-state index contributed by atoms with van der Waals surface area (Å²) in [6.07, 6.45) is 0. The molecular weight excluding hydrogens is 336 g/mol. The molecule has 0 radical (unpaired) electrons. The van der Waals surface area contributed by atoms with Gasteiger partial charge < -0.3 is 10.2 Å². The Labute approximate surface area is 110 Å². The molecule has 2 aromatic rings. The predicted molar refractivity (Wildman–Crippen MR) is 70.6 cm³/mol. The molecule has 2 N–H and O–H groups in total. The summed E-state index contributed by atoms with van der Waals surface area (Å²) in [6, 6.07) is 10.3. The van der Waals surface area contributed by atoms with E-state index < -0.39 is 0 Å². The molecule has 0 amide bonds. The minimum Gasteiger partial charge on any atom is -0.507 e. The molecule has 0 fully saturated rings. The van der Waals surface area contributed by atoms with Gasteiger partial charge in [-0.05, 0) is 36.4 Å². The second-order valence-electron chi connectivity index (χ2n) is 3.32. The number of benzene rings is 2. The minimum atomic E-state index is 0.131. The minimum absolute atomic E-state index is 0.131. The van der Waals surface area contributed by atoms with E-state index in [4.69, 9.17) is 0 Å². The first-order valence-corrected chi connectivity index (χ1v) is 6.14. The number of hydrogen-bond donors (Lipinski definition) is 2. The highest BCUT2D eigenvalue weighted by atomic mass is 79.9. The Kier molecular flexibility index (Phi) is 3.21. The van der Waals surface area contributed by atoms with Gasteiger partial charge in [0, 0.05) is 20.1 Å². The van der Waals surface area contributed by atoms with Gasteiger partial charge in [-0.1, -0.05) is 31.9 Å². The third kappa shape index (κ3) is 2.23. The SMILES string of the molecule is Oc1cc(Br)ccc1-c1ccc(Br)cc1O. The maximum atomic E-state index is 9.79. The van der Waals surface area contributed by atoms with E-state index in [0.717, 1.165) is 8.95 Å². The first-order valence-electron chi connectivity index (χ1n) is 4.55. The molecule has 16 heavy (non-hydrogen) atoms. The first-order chi connectivity index (χ1) is 7.58. The number of phenolic OH excluding ortho intramolecular Hbond substituents is 2. The Balaban J connectivity index is 2.59. The van der Waals surface area contributed by atoms with Gasteiger partial charge >= 0.3 is 0 Å². The van der Waals surface area contributed by atoms with Crippen LogP contribution in [0.1, 0.15) is 0 Å². The maximum Gasteiger partial charge on any atom is 0.124 e. The number of halogens is 2. The second-order valence-corrected chi connectivity index (χ2v) is 5.15. The molecule has 0 heterocycles. The topological polar surface area (TPSA) is 40.5 Å². The van der Waals surface area contributed by atoms with Crippen LogP contribution in [0.15, 0.2) is 45.3 Å². The highest BCUT2D eigenvalue weighted by Crippen LogP contribution is 2.37. The number of rotatable bonds is 1. The van der Waals surface area contributed by atoms with E-state index in [1.807, 2.05) is 12.1 Å². The van der Waals surface area contributed by atoms with Crippen LogP contribution in [-0.4, -0.2) is 10.2 Å². The van der Waals surface area contributed by atoms with Crippen LogP contribution >= 0.6 is 31.9 Å². The van der Waals surface area contributed by atoms with Crippen LogP contribution in [0.4, 0.5) is 0 Å². The van der Waals surface area contributed by atoms with E-state index in [0.29, 0.717) is 11.1 Å². The van der Waals surface area contributed by atoms with Crippen LogP contribution in [0, 0.1) is 0 Å². The fraction of sp³-hybridized carbons (Fsp3) is 0. The molecule has 0 bridgehead atoms. The molecular formula is C12H8Br2O2. The van der Waals surface area contributed by atoms with Crippen LogP contribution in [0.25, 0.3) is 11.1 Å². The monoisotopic (exact) mass is 342 g/mol. The van der Waals surface area contributed by atoms with Gasteiger partial charge in [0.1, 0.15) is 11.5 Å². The Morgan fingerprint density at radius 3 is 1.38 bits per heavy atom. The standard InChI is InChI=1S/C12H8Br2O2/c13-7-1-3-9(11(15)5-7)10-4-2-8(14)6-12(10)16/h1-6,15-16H. The maximum absolute atomic E-state index is 9.79. The number of hydrogen-bond acceptors (Lipinski definition) is 2. The van der Waals surface area contributed by atoms with Crippen molar-refractivity contribution in [2.45, 2.75) is 0 Å². The summed E-state index contributed by atoms with van der Waals surface area (Å²) < 4.78 is 1.59. The third-order valence-corrected chi connectivity index (χ3v) is 3.20. The average molecular weight is 344 g/mol. The van der Waals surface area contributed by atoms with Crippen molar-refractivity contribution >= 4 is 31.9 Å². The fourth-order valence-corrected chi connectivity index (χ4v) is 2.16. The first kappa shape index (κ1) is 11.5. The van der Waals surface area contributed by atoms with E-state index in [-0.39, 0.29) is 11.5 Å². The van der Waals surface area contributed by atoms with Crippen molar-refractivity contribution in [3.05, 3.63) is 45.3 Å². The lowest BCUT2D eigenvalue weighted by Crippen LogP contribution is -1.81. The van der Waals surface area contributed by atoms with E-state index in [1.165, 1.54) is 0 Å². The largest absolute Gasteiger partial charge is 0.507 e. The smallest absolute Gasteiger partial charge is 0.124 e. The highest BCUT2D eigenvalue weighted by molar-refractivity contribution is 9.10. The molecule has 0 saturated carbocycles. The lowest BCUT2D eigenvalue weighted by atomic mass is 10.0. The van der Waals surface area contributed by atoms with Crippen LogP contribution in [0.5, 0.6) is 11.5 Å². The van der Waals surface area contributed by atoms with Crippen molar-refractivity contribution in [1.82, 2.24) is 0 Å². The van der Waals surface area contributed by atoms with Crippen molar-refractivity contribution in [1.29, 1.82) is 0 Å². The zero-order chi connectivity index (χ0) is 11.7. The molecule has 2 nitrogen and oxygen atoms in total. The van der Waals surface area contributed by atoms with Gasteiger partial charge in [0.15, 0.2) is 0 Å². The lowest BCUT2D eigenvalue weighted by molar-refractivity contribution is 0.468. The molecule has 4 heteroatoms. The molecule has 0 saturated heterocycles. The molecule has 0 unspecified atom stereocenters. The van der Waals surface area contributed by atoms with Crippen LogP contribution < -0.4 is 0 Å². The summed E-state index contributed by atoms with van der Waals surface area (Å²) in [5, 5.41) is 19.6. The summed E-state index contributed by atoms with van der Waals surface area (Å²) in [5.41, 5.74) is 1.21. The van der Waals surface area contributed by atoms with Crippen LogP contribution in [0.3, 0.4) is 0 Å². The average Bonchev–Trinajstić information content (AvgIpc) is 2.19. The summed E-state index contributed by atoms with van der Waals surface area (Å²) in [7, 11) is 0. The third-order valence-electron chi connectivity index (χ3n) is 2.21. The van der Waals surface area contributed by atoms with Gasteiger partial charge in [-0.15, -0.1) is 0 Å². The molecule has 0 aliphatic rings. The molecule has 82 valence electrons. The lowest BCUT2D eigenvalue weighted by Gasteiger charge is -2.07. The van der Waals surface area contributed by atoms with Crippen molar-refractivity contribution in [3.8, 4) is 22.6 Å². The van der Waals surface area contributed by atoms with E-state index in [9.17, 15) is 10.2 Å². The highest BCUT2D eigenvalue weighted by Gasteiger charge is 2.09. The number of phenols is 2. The predicted octanol–water partition coefficient (Wildman–Crippen LogP) is 4.29. The second kappa shape index (κ2) is 4.47. The van der Waals surface area contributed by atoms with Gasteiger partial charge in [0.2, 0.25) is 0 Å². The Bertz CT molecular complexity index is 489. The zero-order valence-corrected chi connectivity index (χ0v) is 11.3. The van der Waals surface area contributed by atoms with E-state index >= 15 is 0 Å². The molecule has 0 aliphatic heterocycles. The van der Waals surface area contributed by atoms with Gasteiger partial charge in [-0.25, -0.2) is 0 Å². The molecule has 0 spiro atoms. The normalized spacial score (nSPS) is 10.4. The molecule has 0 aromatic heterocycles. The summed E-state index contributed by atoms with van der Waals surface area (Å²) in [5.74, 6) is 0.263. The van der Waals surface area contributed by atoms with Gasteiger partial charge in [-0.2, -0.15) is 0 Å². The van der Waals surface area contributed by atoms with Crippen molar-refractivity contribution in [2.24, 2.45) is 0 Å². The Morgan fingerprint density at radius 1 is 0.688 bits per heavy atom. The Morgan fingerprint density at radius 2 is 1.06 bits per heavy atom. The van der Waals surface area contributed by atoms with Crippen molar-refractivity contribution < 1.29 is 10.2 Å². The van der Waals surface area contributed by atoms with Gasteiger partial charge in [0.05, 0.1) is 0 Å². The molecule has 0 atom stereocenters. The summed E-state index contributed by atoms with van der Waals surface area (Å²) in [4.78, 5) is 0. The van der Waals surface area contributed by atoms with E-state index in [1.54, 1.807) is 24.3 Å². The summed E-state index contributed by atoms with van der Waals surface area (Å²) >= 11 is 6.54. The van der Waals surface area contributed by atoms with Gasteiger partial charge in [-0.3, -0.25) is 0 Å². The fourth-order valence-electron chi connectivity index (χ4n) is 1.47.